The number of aromatic amines is 1. The highest BCUT2D eigenvalue weighted by molar-refractivity contribution is 7.18. The van der Waals surface area contributed by atoms with Crippen molar-refractivity contribution in [2.24, 2.45) is 0 Å². The molecule has 0 saturated heterocycles. The van der Waals surface area contributed by atoms with E-state index in [1.165, 1.54) is 0 Å². The highest BCUT2D eigenvalue weighted by Gasteiger charge is 2.11. The van der Waals surface area contributed by atoms with E-state index in [2.05, 4.69) is 29.1 Å². The molecule has 5 heteroatoms. The third-order valence-corrected chi connectivity index (χ3v) is 4.53. The van der Waals surface area contributed by atoms with Crippen molar-refractivity contribution in [1.29, 1.82) is 0 Å². The Bertz CT molecular complexity index is 629. The van der Waals surface area contributed by atoms with Crippen LogP contribution in [-0.4, -0.2) is 16.0 Å². The zero-order valence-electron chi connectivity index (χ0n) is 12.0. The molecule has 2 aromatic heterocycles. The maximum absolute atomic E-state index is 12.1. The minimum atomic E-state index is -0.0215. The van der Waals surface area contributed by atoms with Crippen LogP contribution >= 0.6 is 11.3 Å². The van der Waals surface area contributed by atoms with Crippen LogP contribution in [0.25, 0.3) is 10.2 Å². The first kappa shape index (κ1) is 14.2. The van der Waals surface area contributed by atoms with Crippen LogP contribution in [0.3, 0.4) is 0 Å². The van der Waals surface area contributed by atoms with Crippen molar-refractivity contribution >= 4 is 21.6 Å². The number of fused-ring (bicyclic) bond motifs is 1. The van der Waals surface area contributed by atoms with Gasteiger partial charge in [-0.05, 0) is 32.8 Å². The molecule has 2 N–H and O–H groups in total. The molecule has 104 valence electrons. The van der Waals surface area contributed by atoms with E-state index in [4.69, 9.17) is 0 Å². The van der Waals surface area contributed by atoms with Gasteiger partial charge in [0.1, 0.15) is 10.7 Å². The second-order valence-electron chi connectivity index (χ2n) is 5.05. The summed E-state index contributed by atoms with van der Waals surface area (Å²) in [5, 5.41) is 4.13. The number of nitrogens with zero attached hydrogens (tertiary/aromatic N) is 1. The summed E-state index contributed by atoms with van der Waals surface area (Å²) in [6.45, 7) is 8.94. The van der Waals surface area contributed by atoms with Crippen molar-refractivity contribution in [1.82, 2.24) is 15.3 Å². The van der Waals surface area contributed by atoms with Crippen LogP contribution in [0.4, 0.5) is 0 Å². The molecule has 0 fully saturated rings. The van der Waals surface area contributed by atoms with E-state index in [-0.39, 0.29) is 5.56 Å². The Kier molecular flexibility index (Phi) is 4.37. The Balaban J connectivity index is 2.24. The first-order chi connectivity index (χ1) is 9.02. The van der Waals surface area contributed by atoms with Crippen LogP contribution in [0.15, 0.2) is 4.79 Å². The minimum Gasteiger partial charge on any atom is -0.309 e. The smallest absolute Gasteiger partial charge is 0.259 e. The van der Waals surface area contributed by atoms with Crippen molar-refractivity contribution in [3.8, 4) is 0 Å². The topological polar surface area (TPSA) is 57.8 Å². The predicted molar refractivity (Wildman–Crippen MR) is 80.9 cm³/mol. The van der Waals surface area contributed by atoms with E-state index in [1.807, 2.05) is 13.8 Å². The Morgan fingerprint density at radius 3 is 2.84 bits per heavy atom. The predicted octanol–water partition coefficient (Wildman–Crippen LogP) is 2.88. The number of thiophene rings is 1. The molecule has 4 nitrogen and oxygen atoms in total. The summed E-state index contributed by atoms with van der Waals surface area (Å²) in [5.74, 6) is 0.724. The molecule has 2 heterocycles. The van der Waals surface area contributed by atoms with Gasteiger partial charge in [-0.15, -0.1) is 11.3 Å². The maximum Gasteiger partial charge on any atom is 0.259 e. The molecule has 0 saturated carbocycles. The Morgan fingerprint density at radius 2 is 2.16 bits per heavy atom. The molecule has 0 aliphatic rings. The van der Waals surface area contributed by atoms with Gasteiger partial charge in [-0.2, -0.15) is 0 Å². The number of aryl methyl sites for hydroxylation is 2. The average Bonchev–Trinajstić information content (AvgIpc) is 2.63. The fourth-order valence-corrected chi connectivity index (χ4v) is 3.24. The summed E-state index contributed by atoms with van der Waals surface area (Å²) in [6, 6.07) is 0.442. The number of rotatable bonds is 5. The second kappa shape index (κ2) is 5.84. The van der Waals surface area contributed by atoms with Gasteiger partial charge in [-0.3, -0.25) is 4.79 Å². The molecule has 0 amide bonds. The summed E-state index contributed by atoms with van der Waals surface area (Å²) in [6.07, 6.45) is 2.28. The molecule has 0 radical (unpaired) electrons. The van der Waals surface area contributed by atoms with Crippen LogP contribution in [0.1, 0.15) is 43.0 Å². The van der Waals surface area contributed by atoms with E-state index in [1.54, 1.807) is 11.3 Å². The van der Waals surface area contributed by atoms with Crippen molar-refractivity contribution in [3.63, 3.8) is 0 Å². The molecule has 2 aromatic rings. The SMILES string of the molecule is CCCC(C)NCc1nc2sc(C)c(C)c2c(=O)[nH]1. The largest absolute Gasteiger partial charge is 0.309 e. The van der Waals surface area contributed by atoms with Crippen molar-refractivity contribution in [2.75, 3.05) is 0 Å². The van der Waals surface area contributed by atoms with Gasteiger partial charge in [0, 0.05) is 10.9 Å². The zero-order chi connectivity index (χ0) is 14.0. The normalized spacial score (nSPS) is 13.1. The van der Waals surface area contributed by atoms with Crippen LogP contribution in [-0.2, 0) is 6.54 Å². The van der Waals surface area contributed by atoms with Crippen LogP contribution < -0.4 is 10.9 Å². The van der Waals surface area contributed by atoms with Crippen molar-refractivity contribution in [2.45, 2.75) is 53.1 Å². The maximum atomic E-state index is 12.1. The van der Waals surface area contributed by atoms with Gasteiger partial charge in [0.05, 0.1) is 11.9 Å². The summed E-state index contributed by atoms with van der Waals surface area (Å²) < 4.78 is 0. The van der Waals surface area contributed by atoms with Gasteiger partial charge in [-0.25, -0.2) is 4.98 Å². The molecule has 0 bridgehead atoms. The minimum absolute atomic E-state index is 0.0215. The first-order valence-corrected chi connectivity index (χ1v) is 7.56. The van der Waals surface area contributed by atoms with E-state index in [0.29, 0.717) is 12.6 Å². The monoisotopic (exact) mass is 279 g/mol. The number of H-pyrrole nitrogens is 1. The van der Waals surface area contributed by atoms with Crippen molar-refractivity contribution < 1.29 is 0 Å². The average molecular weight is 279 g/mol. The summed E-state index contributed by atoms with van der Waals surface area (Å²) in [4.78, 5) is 21.5. The molecular formula is C14H21N3OS. The van der Waals surface area contributed by atoms with Crippen LogP contribution in [0.5, 0.6) is 0 Å². The molecule has 0 aliphatic carbocycles. The molecule has 0 aliphatic heterocycles. The van der Waals surface area contributed by atoms with Gasteiger partial charge in [0.2, 0.25) is 0 Å². The van der Waals surface area contributed by atoms with E-state index in [0.717, 1.165) is 39.3 Å². The molecular weight excluding hydrogens is 258 g/mol. The second-order valence-corrected chi connectivity index (χ2v) is 6.25. The number of hydrogen-bond acceptors (Lipinski definition) is 4. The molecule has 1 unspecified atom stereocenters. The van der Waals surface area contributed by atoms with Gasteiger partial charge >= 0.3 is 0 Å². The highest BCUT2D eigenvalue weighted by Crippen LogP contribution is 2.25. The molecule has 19 heavy (non-hydrogen) atoms. The Hall–Kier alpha value is -1.20. The van der Waals surface area contributed by atoms with Crippen molar-refractivity contribution in [3.05, 3.63) is 26.6 Å². The van der Waals surface area contributed by atoms with Crippen LogP contribution in [0.2, 0.25) is 0 Å². The first-order valence-electron chi connectivity index (χ1n) is 6.75. The summed E-state index contributed by atoms with van der Waals surface area (Å²) >= 11 is 1.59. The van der Waals surface area contributed by atoms with Gasteiger partial charge < -0.3 is 10.3 Å². The lowest BCUT2D eigenvalue weighted by Gasteiger charge is -2.11. The van der Waals surface area contributed by atoms with E-state index in [9.17, 15) is 4.79 Å². The molecule has 1 atom stereocenters. The fraction of sp³-hybridized carbons (Fsp3) is 0.571. The molecule has 0 aromatic carbocycles. The quantitative estimate of drug-likeness (QED) is 0.885. The number of hydrogen-bond donors (Lipinski definition) is 2. The zero-order valence-corrected chi connectivity index (χ0v) is 12.8. The lowest BCUT2D eigenvalue weighted by atomic mass is 10.2. The lowest BCUT2D eigenvalue weighted by molar-refractivity contribution is 0.499. The summed E-state index contributed by atoms with van der Waals surface area (Å²) in [7, 11) is 0. The molecule has 0 spiro atoms. The standard InChI is InChI=1S/C14H21N3OS/c1-5-6-8(2)15-7-11-16-13(18)12-9(3)10(4)19-14(12)17-11/h8,15H,5-7H2,1-4H3,(H,16,17,18). The van der Waals surface area contributed by atoms with E-state index < -0.39 is 0 Å². The highest BCUT2D eigenvalue weighted by atomic mass is 32.1. The fourth-order valence-electron chi connectivity index (χ4n) is 2.19. The van der Waals surface area contributed by atoms with Gasteiger partial charge in [0.15, 0.2) is 0 Å². The Labute approximate surface area is 117 Å². The van der Waals surface area contributed by atoms with Gasteiger partial charge in [0.25, 0.3) is 5.56 Å². The van der Waals surface area contributed by atoms with E-state index >= 15 is 0 Å². The lowest BCUT2D eigenvalue weighted by Crippen LogP contribution is -2.27. The third-order valence-electron chi connectivity index (χ3n) is 3.43. The summed E-state index contributed by atoms with van der Waals surface area (Å²) in [5.41, 5.74) is 1.03. The number of aromatic nitrogens is 2. The number of nitrogens with one attached hydrogen (secondary N) is 2. The Morgan fingerprint density at radius 1 is 1.42 bits per heavy atom. The van der Waals surface area contributed by atoms with Gasteiger partial charge in [-0.1, -0.05) is 13.3 Å². The third kappa shape index (κ3) is 3.04. The molecule has 2 rings (SSSR count). The van der Waals surface area contributed by atoms with Crippen LogP contribution in [0, 0.1) is 13.8 Å².